The number of nitrogens with one attached hydrogen (secondary N) is 1. The minimum absolute atomic E-state index is 0.0181. The zero-order chi connectivity index (χ0) is 11.4. The average molecular weight is 241 g/mol. The number of likely N-dealkylation sites (tertiary alicyclic amines) is 1. The maximum absolute atomic E-state index is 11.8. The summed E-state index contributed by atoms with van der Waals surface area (Å²) in [4.78, 5) is 17.6. The van der Waals surface area contributed by atoms with Gasteiger partial charge < -0.3 is 15.3 Å². The highest BCUT2D eigenvalue weighted by Gasteiger charge is 2.27. The van der Waals surface area contributed by atoms with Crippen LogP contribution in [-0.2, 0) is 6.54 Å². The minimum Gasteiger partial charge on any atom is -0.394 e. The molecule has 6 heteroatoms. The molecule has 0 aliphatic carbocycles. The van der Waals surface area contributed by atoms with Crippen LogP contribution in [-0.4, -0.2) is 40.2 Å². The summed E-state index contributed by atoms with van der Waals surface area (Å²) >= 11 is 1.51. The molecule has 16 heavy (non-hydrogen) atoms. The second kappa shape index (κ2) is 5.27. The Morgan fingerprint density at radius 3 is 3.31 bits per heavy atom. The molecule has 1 aromatic rings. The van der Waals surface area contributed by atoms with Gasteiger partial charge in [-0.2, -0.15) is 0 Å². The van der Waals surface area contributed by atoms with Gasteiger partial charge in [0.05, 0.1) is 30.4 Å². The van der Waals surface area contributed by atoms with E-state index in [1.165, 1.54) is 11.3 Å². The molecule has 0 saturated carbocycles. The molecule has 1 aromatic heterocycles. The van der Waals surface area contributed by atoms with Crippen LogP contribution in [0.4, 0.5) is 4.79 Å². The molecule has 1 aliphatic heterocycles. The van der Waals surface area contributed by atoms with E-state index in [1.54, 1.807) is 10.4 Å². The topological polar surface area (TPSA) is 65.5 Å². The molecule has 88 valence electrons. The monoisotopic (exact) mass is 241 g/mol. The Hall–Kier alpha value is -1.14. The van der Waals surface area contributed by atoms with Gasteiger partial charge in [0.1, 0.15) is 0 Å². The number of aliphatic hydroxyl groups is 1. The third kappa shape index (κ3) is 2.51. The molecule has 1 aliphatic rings. The summed E-state index contributed by atoms with van der Waals surface area (Å²) in [5.41, 5.74) is 2.62. The first kappa shape index (κ1) is 11.3. The van der Waals surface area contributed by atoms with E-state index in [2.05, 4.69) is 10.3 Å². The fourth-order valence-electron chi connectivity index (χ4n) is 1.89. The molecular formula is C10H15N3O2S. The molecule has 0 bridgehead atoms. The fraction of sp³-hybridized carbons (Fsp3) is 0.600. The van der Waals surface area contributed by atoms with Crippen molar-refractivity contribution < 1.29 is 9.90 Å². The number of urea groups is 1. The van der Waals surface area contributed by atoms with Gasteiger partial charge in [-0.25, -0.2) is 9.78 Å². The van der Waals surface area contributed by atoms with Crippen LogP contribution >= 0.6 is 11.3 Å². The van der Waals surface area contributed by atoms with E-state index in [9.17, 15) is 4.79 Å². The Bertz CT molecular complexity index is 342. The van der Waals surface area contributed by atoms with Crippen molar-refractivity contribution in [1.29, 1.82) is 0 Å². The first-order valence-electron chi connectivity index (χ1n) is 5.33. The van der Waals surface area contributed by atoms with Gasteiger partial charge in [0, 0.05) is 11.9 Å². The quantitative estimate of drug-likeness (QED) is 0.823. The van der Waals surface area contributed by atoms with Gasteiger partial charge in [-0.1, -0.05) is 0 Å². The van der Waals surface area contributed by atoms with E-state index in [1.807, 2.05) is 5.38 Å². The molecule has 1 saturated heterocycles. The van der Waals surface area contributed by atoms with Crippen LogP contribution < -0.4 is 5.32 Å². The van der Waals surface area contributed by atoms with Crippen molar-refractivity contribution in [3.63, 3.8) is 0 Å². The molecule has 0 aromatic carbocycles. The van der Waals surface area contributed by atoms with Gasteiger partial charge in [0.15, 0.2) is 0 Å². The summed E-state index contributed by atoms with van der Waals surface area (Å²) in [5.74, 6) is 0. The Balaban J connectivity index is 1.83. The number of thiazole rings is 1. The van der Waals surface area contributed by atoms with Gasteiger partial charge in [-0.05, 0) is 12.8 Å². The van der Waals surface area contributed by atoms with Gasteiger partial charge >= 0.3 is 6.03 Å². The number of aromatic nitrogens is 1. The van der Waals surface area contributed by atoms with Crippen LogP contribution in [0.3, 0.4) is 0 Å². The van der Waals surface area contributed by atoms with Crippen LogP contribution in [0.5, 0.6) is 0 Å². The maximum atomic E-state index is 11.8. The van der Waals surface area contributed by atoms with Crippen LogP contribution in [0.2, 0.25) is 0 Å². The van der Waals surface area contributed by atoms with Crippen LogP contribution in [0, 0.1) is 0 Å². The third-order valence-electron chi connectivity index (χ3n) is 2.75. The molecular weight excluding hydrogens is 226 g/mol. The van der Waals surface area contributed by atoms with Crippen molar-refractivity contribution in [2.24, 2.45) is 0 Å². The van der Waals surface area contributed by atoms with Crippen LogP contribution in [0.15, 0.2) is 10.9 Å². The molecule has 2 rings (SSSR count). The van der Waals surface area contributed by atoms with E-state index >= 15 is 0 Å². The smallest absolute Gasteiger partial charge is 0.318 e. The normalized spacial score (nSPS) is 20.1. The second-order valence-corrected chi connectivity index (χ2v) is 4.53. The molecule has 2 N–H and O–H groups in total. The van der Waals surface area contributed by atoms with Crippen molar-refractivity contribution in [1.82, 2.24) is 15.2 Å². The molecule has 1 unspecified atom stereocenters. The molecule has 0 spiro atoms. The summed E-state index contributed by atoms with van der Waals surface area (Å²) in [6.07, 6.45) is 1.86. The summed E-state index contributed by atoms with van der Waals surface area (Å²) in [6, 6.07) is -0.125. The summed E-state index contributed by atoms with van der Waals surface area (Å²) in [5, 5.41) is 13.8. The number of amides is 2. The Morgan fingerprint density at radius 1 is 1.75 bits per heavy atom. The lowest BCUT2D eigenvalue weighted by molar-refractivity contribution is 0.157. The molecule has 2 heterocycles. The van der Waals surface area contributed by atoms with Gasteiger partial charge in [-0.15, -0.1) is 11.3 Å². The van der Waals surface area contributed by atoms with E-state index < -0.39 is 0 Å². The van der Waals surface area contributed by atoms with E-state index in [-0.39, 0.29) is 18.7 Å². The number of carbonyl (C=O) groups is 1. The van der Waals surface area contributed by atoms with Gasteiger partial charge in [0.25, 0.3) is 0 Å². The van der Waals surface area contributed by atoms with Crippen molar-refractivity contribution in [2.75, 3.05) is 13.2 Å². The van der Waals surface area contributed by atoms with Crippen LogP contribution in [0.1, 0.15) is 18.5 Å². The van der Waals surface area contributed by atoms with Crippen molar-refractivity contribution in [3.05, 3.63) is 16.6 Å². The standard InChI is InChI=1S/C10H15N3O2S/c14-5-9-2-1-3-13(9)10(15)11-4-8-6-16-7-12-8/h6-7,9,14H,1-5H2,(H,11,15). The van der Waals surface area contributed by atoms with Crippen molar-refractivity contribution >= 4 is 17.4 Å². The van der Waals surface area contributed by atoms with Crippen molar-refractivity contribution in [2.45, 2.75) is 25.4 Å². The zero-order valence-corrected chi connectivity index (χ0v) is 9.74. The van der Waals surface area contributed by atoms with E-state index in [4.69, 9.17) is 5.11 Å². The second-order valence-electron chi connectivity index (χ2n) is 3.81. The molecule has 5 nitrogen and oxygen atoms in total. The number of carbonyl (C=O) groups excluding carboxylic acids is 1. The third-order valence-corrected chi connectivity index (χ3v) is 3.39. The van der Waals surface area contributed by atoms with Crippen molar-refractivity contribution in [3.8, 4) is 0 Å². The minimum atomic E-state index is -0.107. The number of hydrogen-bond donors (Lipinski definition) is 2. The van der Waals surface area contributed by atoms with E-state index in [0.717, 1.165) is 25.1 Å². The molecule has 2 amide bonds. The van der Waals surface area contributed by atoms with Gasteiger partial charge in [-0.3, -0.25) is 0 Å². The Morgan fingerprint density at radius 2 is 2.62 bits per heavy atom. The first-order chi connectivity index (χ1) is 7.81. The fourth-order valence-corrected chi connectivity index (χ4v) is 2.44. The van der Waals surface area contributed by atoms with Crippen LogP contribution in [0.25, 0.3) is 0 Å². The number of aliphatic hydroxyl groups excluding tert-OH is 1. The Labute approximate surface area is 98.1 Å². The summed E-state index contributed by atoms with van der Waals surface area (Å²) in [6.45, 7) is 1.23. The van der Waals surface area contributed by atoms with Gasteiger partial charge in [0.2, 0.25) is 0 Å². The largest absolute Gasteiger partial charge is 0.394 e. The predicted molar refractivity (Wildman–Crippen MR) is 61.2 cm³/mol. The highest BCUT2D eigenvalue weighted by molar-refractivity contribution is 7.07. The number of rotatable bonds is 3. The predicted octanol–water partition coefficient (Wildman–Crippen LogP) is 0.809. The lowest BCUT2D eigenvalue weighted by atomic mass is 10.2. The first-order valence-corrected chi connectivity index (χ1v) is 6.28. The molecule has 0 radical (unpaired) electrons. The highest BCUT2D eigenvalue weighted by Crippen LogP contribution is 2.16. The summed E-state index contributed by atoms with van der Waals surface area (Å²) in [7, 11) is 0. The SMILES string of the molecule is O=C(NCc1cscn1)N1CCCC1CO. The lowest BCUT2D eigenvalue weighted by Crippen LogP contribution is -2.43. The number of hydrogen-bond acceptors (Lipinski definition) is 4. The molecule has 1 fully saturated rings. The number of nitrogens with zero attached hydrogens (tertiary/aromatic N) is 2. The maximum Gasteiger partial charge on any atom is 0.318 e. The van der Waals surface area contributed by atoms with E-state index in [0.29, 0.717) is 6.54 Å². The lowest BCUT2D eigenvalue weighted by Gasteiger charge is -2.23. The Kier molecular flexibility index (Phi) is 3.74. The molecule has 1 atom stereocenters. The summed E-state index contributed by atoms with van der Waals surface area (Å²) < 4.78 is 0. The zero-order valence-electron chi connectivity index (χ0n) is 8.93. The average Bonchev–Trinajstić information content (AvgIpc) is 2.96. The highest BCUT2D eigenvalue weighted by atomic mass is 32.1.